The molecule has 0 unspecified atom stereocenters. The molecule has 5 nitrogen and oxygen atoms in total. The first-order valence-corrected chi connectivity index (χ1v) is 5.90. The van der Waals surface area contributed by atoms with Crippen molar-refractivity contribution >= 4 is 5.82 Å². The average molecular weight is 237 g/mol. The van der Waals surface area contributed by atoms with Crippen LogP contribution in [-0.2, 0) is 0 Å². The Bertz CT molecular complexity index is 453. The Morgan fingerprint density at radius 2 is 2.29 bits per heavy atom. The topological polar surface area (TPSA) is 58.2 Å². The van der Waals surface area contributed by atoms with Crippen molar-refractivity contribution in [2.24, 2.45) is 5.41 Å². The minimum Gasteiger partial charge on any atom is -0.489 e. The van der Waals surface area contributed by atoms with Crippen LogP contribution in [0.2, 0.25) is 0 Å². The third kappa shape index (κ3) is 2.43. The molecule has 1 saturated heterocycles. The van der Waals surface area contributed by atoms with E-state index in [-0.39, 0.29) is 11.0 Å². The number of piperidine rings is 1. The van der Waals surface area contributed by atoms with Gasteiger partial charge in [-0.3, -0.25) is 4.79 Å². The Kier molecular flexibility index (Phi) is 3.09. The van der Waals surface area contributed by atoms with Gasteiger partial charge in [-0.25, -0.2) is 4.98 Å². The smallest absolute Gasteiger partial charge is 0.295 e. The third-order valence-corrected chi connectivity index (χ3v) is 3.20. The highest BCUT2D eigenvalue weighted by atomic mass is 16.5. The number of anilines is 1. The Labute approximate surface area is 101 Å². The number of rotatable bonds is 2. The highest BCUT2D eigenvalue weighted by Crippen LogP contribution is 2.32. The number of aromatic amines is 1. The minimum atomic E-state index is -0.221. The summed E-state index contributed by atoms with van der Waals surface area (Å²) in [5.74, 6) is 0.967. The molecule has 94 valence electrons. The van der Waals surface area contributed by atoms with Gasteiger partial charge in [0.25, 0.3) is 5.56 Å². The maximum Gasteiger partial charge on any atom is 0.295 e. The zero-order valence-electron chi connectivity index (χ0n) is 10.6. The number of nitrogens with one attached hydrogen (secondary N) is 1. The van der Waals surface area contributed by atoms with Gasteiger partial charge < -0.3 is 14.6 Å². The van der Waals surface area contributed by atoms with Crippen molar-refractivity contribution < 1.29 is 4.74 Å². The molecule has 0 aromatic carbocycles. The third-order valence-electron chi connectivity index (χ3n) is 3.20. The number of hydrogen-bond donors (Lipinski definition) is 1. The lowest BCUT2D eigenvalue weighted by molar-refractivity contribution is 0.289. The van der Waals surface area contributed by atoms with E-state index in [1.807, 2.05) is 0 Å². The predicted octanol–water partition coefficient (Wildman–Crippen LogP) is 1.40. The van der Waals surface area contributed by atoms with Crippen LogP contribution in [0.1, 0.15) is 26.7 Å². The van der Waals surface area contributed by atoms with Gasteiger partial charge in [-0.2, -0.15) is 0 Å². The maximum absolute atomic E-state index is 11.6. The minimum absolute atomic E-state index is 0.221. The normalized spacial score (nSPS) is 19.1. The van der Waals surface area contributed by atoms with Crippen LogP contribution in [0.4, 0.5) is 5.82 Å². The zero-order chi connectivity index (χ0) is 12.5. The van der Waals surface area contributed by atoms with E-state index in [4.69, 9.17) is 4.74 Å². The molecule has 1 aromatic rings. The van der Waals surface area contributed by atoms with Crippen molar-refractivity contribution in [3.63, 3.8) is 0 Å². The predicted molar refractivity (Wildman–Crippen MR) is 66.6 cm³/mol. The van der Waals surface area contributed by atoms with E-state index in [2.05, 4.69) is 28.7 Å². The van der Waals surface area contributed by atoms with E-state index >= 15 is 0 Å². The molecule has 5 heteroatoms. The molecule has 2 heterocycles. The first kappa shape index (κ1) is 12.0. The van der Waals surface area contributed by atoms with Crippen LogP contribution in [-0.4, -0.2) is 30.2 Å². The number of hydrogen-bond acceptors (Lipinski definition) is 4. The van der Waals surface area contributed by atoms with Crippen LogP contribution in [0.5, 0.6) is 5.75 Å². The largest absolute Gasteiger partial charge is 0.489 e. The number of H-pyrrole nitrogens is 1. The molecule has 0 saturated carbocycles. The van der Waals surface area contributed by atoms with Crippen LogP contribution in [0, 0.1) is 5.41 Å². The Morgan fingerprint density at radius 1 is 1.53 bits per heavy atom. The molecule has 1 aliphatic heterocycles. The van der Waals surface area contributed by atoms with Gasteiger partial charge in [0, 0.05) is 13.1 Å². The number of aromatic nitrogens is 2. The molecule has 1 fully saturated rings. The van der Waals surface area contributed by atoms with E-state index in [0.717, 1.165) is 19.5 Å². The molecular weight excluding hydrogens is 218 g/mol. The van der Waals surface area contributed by atoms with Gasteiger partial charge in [0.15, 0.2) is 5.82 Å². The van der Waals surface area contributed by atoms with E-state index in [1.165, 1.54) is 19.9 Å². The van der Waals surface area contributed by atoms with Crippen molar-refractivity contribution in [2.75, 3.05) is 25.1 Å². The van der Waals surface area contributed by atoms with Crippen LogP contribution in [0.15, 0.2) is 11.1 Å². The van der Waals surface area contributed by atoms with Crippen LogP contribution >= 0.6 is 0 Å². The summed E-state index contributed by atoms with van der Waals surface area (Å²) in [4.78, 5) is 20.5. The van der Waals surface area contributed by atoms with Crippen molar-refractivity contribution in [3.8, 4) is 5.75 Å². The highest BCUT2D eigenvalue weighted by Gasteiger charge is 2.29. The summed E-state index contributed by atoms with van der Waals surface area (Å²) >= 11 is 0. The number of ether oxygens (including phenoxy) is 1. The molecule has 1 aromatic heterocycles. The lowest BCUT2D eigenvalue weighted by Gasteiger charge is -2.38. The van der Waals surface area contributed by atoms with Crippen LogP contribution < -0.4 is 15.2 Å². The van der Waals surface area contributed by atoms with Crippen molar-refractivity contribution in [3.05, 3.63) is 16.7 Å². The van der Waals surface area contributed by atoms with E-state index in [9.17, 15) is 4.79 Å². The first-order valence-electron chi connectivity index (χ1n) is 5.90. The molecule has 0 radical (unpaired) electrons. The fraction of sp³-hybridized carbons (Fsp3) is 0.667. The van der Waals surface area contributed by atoms with Crippen molar-refractivity contribution in [1.29, 1.82) is 0 Å². The Balaban J connectivity index is 2.34. The van der Waals surface area contributed by atoms with E-state index < -0.39 is 0 Å². The van der Waals surface area contributed by atoms with Gasteiger partial charge in [0.2, 0.25) is 5.75 Å². The summed E-state index contributed by atoms with van der Waals surface area (Å²) in [6.07, 6.45) is 3.75. The van der Waals surface area contributed by atoms with Crippen molar-refractivity contribution in [1.82, 2.24) is 9.97 Å². The second-order valence-electron chi connectivity index (χ2n) is 5.28. The lowest BCUT2D eigenvalue weighted by Crippen LogP contribution is -2.41. The van der Waals surface area contributed by atoms with Gasteiger partial charge in [-0.15, -0.1) is 0 Å². The summed E-state index contributed by atoms with van der Waals surface area (Å²) in [5, 5.41) is 0. The Hall–Kier alpha value is -1.52. The quantitative estimate of drug-likeness (QED) is 0.844. The second-order valence-corrected chi connectivity index (χ2v) is 5.28. The number of methoxy groups -OCH3 is 1. The van der Waals surface area contributed by atoms with E-state index in [0.29, 0.717) is 11.6 Å². The molecule has 0 bridgehead atoms. The lowest BCUT2D eigenvalue weighted by atomic mass is 9.84. The van der Waals surface area contributed by atoms with Crippen LogP contribution in [0.3, 0.4) is 0 Å². The fourth-order valence-corrected chi connectivity index (χ4v) is 2.39. The molecule has 0 amide bonds. The fourth-order valence-electron chi connectivity index (χ4n) is 2.39. The summed E-state index contributed by atoms with van der Waals surface area (Å²) in [6.45, 7) is 6.30. The first-order chi connectivity index (χ1) is 8.03. The monoisotopic (exact) mass is 237 g/mol. The number of nitrogens with zero attached hydrogens (tertiary/aromatic N) is 2. The van der Waals surface area contributed by atoms with Gasteiger partial charge in [-0.05, 0) is 18.3 Å². The Morgan fingerprint density at radius 3 is 2.94 bits per heavy atom. The molecule has 1 aliphatic rings. The summed E-state index contributed by atoms with van der Waals surface area (Å²) < 4.78 is 5.15. The molecule has 0 atom stereocenters. The molecule has 0 spiro atoms. The molecule has 0 aliphatic carbocycles. The zero-order valence-corrected chi connectivity index (χ0v) is 10.6. The summed E-state index contributed by atoms with van der Waals surface area (Å²) in [6, 6.07) is 0. The van der Waals surface area contributed by atoms with Gasteiger partial charge in [0.1, 0.15) is 0 Å². The van der Waals surface area contributed by atoms with Gasteiger partial charge in [-0.1, -0.05) is 13.8 Å². The van der Waals surface area contributed by atoms with E-state index in [1.54, 1.807) is 0 Å². The standard InChI is InChI=1S/C12H19N3O2/c1-12(2)5-4-6-15(7-12)10-9(17-3)11(16)14-8-13-10/h8H,4-7H2,1-3H3,(H,13,14,16). The molecular formula is C12H19N3O2. The van der Waals surface area contributed by atoms with Gasteiger partial charge in [0.05, 0.1) is 13.4 Å². The second kappa shape index (κ2) is 4.39. The molecule has 17 heavy (non-hydrogen) atoms. The average Bonchev–Trinajstić information content (AvgIpc) is 2.27. The van der Waals surface area contributed by atoms with Crippen LogP contribution in [0.25, 0.3) is 0 Å². The van der Waals surface area contributed by atoms with Crippen molar-refractivity contribution in [2.45, 2.75) is 26.7 Å². The molecule has 1 N–H and O–H groups in total. The highest BCUT2D eigenvalue weighted by molar-refractivity contribution is 5.51. The SMILES string of the molecule is COc1c(N2CCCC(C)(C)C2)nc[nH]c1=O. The molecule has 2 rings (SSSR count). The summed E-state index contributed by atoms with van der Waals surface area (Å²) in [7, 11) is 1.50. The van der Waals surface area contributed by atoms with Gasteiger partial charge >= 0.3 is 0 Å². The maximum atomic E-state index is 11.6. The summed E-state index contributed by atoms with van der Waals surface area (Å²) in [5.41, 5.74) is 0.0361.